The highest BCUT2D eigenvalue weighted by molar-refractivity contribution is 5.21. The Morgan fingerprint density at radius 2 is 2.27 bits per heavy atom. The van der Waals surface area contributed by atoms with E-state index in [1.165, 1.54) is 6.08 Å². The van der Waals surface area contributed by atoms with Crippen molar-refractivity contribution in [2.75, 3.05) is 0 Å². The average molecular weight is 157 g/mol. The summed E-state index contributed by atoms with van der Waals surface area (Å²) in [5.74, 6) is -0.923. The molecule has 0 amide bonds. The quantitative estimate of drug-likeness (QED) is 0.358. The van der Waals surface area contributed by atoms with Crippen LogP contribution in [0.15, 0.2) is 36.3 Å². The standard InChI is InChI=1S/C7H8FNO2/c1-3-5-7(9(10)11)6(8)4-2/h3-5H,2H2,1H3/b5-3-,7-6-. The van der Waals surface area contributed by atoms with E-state index in [1.54, 1.807) is 6.92 Å². The SMILES string of the molecule is C=C/C(F)=C(\C=C/C)[N+](=O)[O-]. The van der Waals surface area contributed by atoms with Gasteiger partial charge in [0.2, 0.25) is 0 Å². The molecule has 0 rings (SSSR count). The van der Waals surface area contributed by atoms with Gasteiger partial charge in [0.1, 0.15) is 0 Å². The van der Waals surface area contributed by atoms with Gasteiger partial charge in [-0.3, -0.25) is 10.1 Å². The molecule has 4 heteroatoms. The van der Waals surface area contributed by atoms with Crippen molar-refractivity contribution in [3.8, 4) is 0 Å². The molecule has 60 valence electrons. The molecule has 0 aliphatic heterocycles. The lowest BCUT2D eigenvalue weighted by Gasteiger charge is -1.89. The maximum atomic E-state index is 12.5. The molecule has 0 aliphatic carbocycles. The molecule has 0 aromatic heterocycles. The molecule has 0 heterocycles. The number of rotatable bonds is 3. The molecule has 0 fully saturated rings. The molecule has 0 spiro atoms. The van der Waals surface area contributed by atoms with Crippen LogP contribution in [0.3, 0.4) is 0 Å². The minimum absolute atomic E-state index is 0.567. The van der Waals surface area contributed by atoms with Crippen LogP contribution in [-0.2, 0) is 0 Å². The lowest BCUT2D eigenvalue weighted by Crippen LogP contribution is -1.96. The molecule has 11 heavy (non-hydrogen) atoms. The number of nitro groups is 1. The molecule has 0 atom stereocenters. The van der Waals surface area contributed by atoms with Gasteiger partial charge in [-0.15, -0.1) is 0 Å². The molecule has 0 unspecified atom stereocenters. The third-order valence-corrected chi connectivity index (χ3v) is 0.945. The zero-order valence-corrected chi connectivity index (χ0v) is 6.08. The molecular formula is C7H8FNO2. The highest BCUT2D eigenvalue weighted by Crippen LogP contribution is 2.08. The van der Waals surface area contributed by atoms with Crippen molar-refractivity contribution in [3.05, 3.63) is 46.4 Å². The summed E-state index contributed by atoms with van der Waals surface area (Å²) >= 11 is 0. The molecule has 0 N–H and O–H groups in total. The van der Waals surface area contributed by atoms with Crippen LogP contribution in [-0.4, -0.2) is 4.92 Å². The second kappa shape index (κ2) is 4.38. The normalized spacial score (nSPS) is 12.9. The Morgan fingerprint density at radius 1 is 1.73 bits per heavy atom. The molecule has 0 aromatic carbocycles. The summed E-state index contributed by atoms with van der Waals surface area (Å²) < 4.78 is 12.5. The molecule has 0 aliphatic rings. The molecule has 0 radical (unpaired) electrons. The minimum Gasteiger partial charge on any atom is -0.258 e. The Balaban J connectivity index is 4.87. The fraction of sp³-hybridized carbons (Fsp3) is 0.143. The third kappa shape index (κ3) is 2.75. The van der Waals surface area contributed by atoms with Crippen molar-refractivity contribution < 1.29 is 9.31 Å². The second-order valence-corrected chi connectivity index (χ2v) is 1.69. The first kappa shape index (κ1) is 9.55. The number of nitrogens with zero attached hydrogens (tertiary/aromatic N) is 1. The van der Waals surface area contributed by atoms with Crippen LogP contribution < -0.4 is 0 Å². The first-order valence-electron chi connectivity index (χ1n) is 2.92. The van der Waals surface area contributed by atoms with Crippen LogP contribution >= 0.6 is 0 Å². The van der Waals surface area contributed by atoms with E-state index in [-0.39, 0.29) is 0 Å². The van der Waals surface area contributed by atoms with Crippen LogP contribution in [0.2, 0.25) is 0 Å². The van der Waals surface area contributed by atoms with Gasteiger partial charge in [-0.2, -0.15) is 4.39 Å². The molecule has 0 saturated heterocycles. The topological polar surface area (TPSA) is 43.1 Å². The lowest BCUT2D eigenvalue weighted by atomic mass is 10.3. The Hall–Kier alpha value is -1.45. The van der Waals surface area contributed by atoms with E-state index in [0.717, 1.165) is 12.2 Å². The van der Waals surface area contributed by atoms with Crippen molar-refractivity contribution >= 4 is 0 Å². The largest absolute Gasteiger partial charge is 0.304 e. The first-order chi connectivity index (χ1) is 5.13. The van der Waals surface area contributed by atoms with Gasteiger partial charge in [0.25, 0.3) is 0 Å². The van der Waals surface area contributed by atoms with Crippen LogP contribution in [0.25, 0.3) is 0 Å². The molecular weight excluding hydrogens is 149 g/mol. The Labute approximate surface area is 63.7 Å². The van der Waals surface area contributed by atoms with Crippen LogP contribution in [0.5, 0.6) is 0 Å². The smallest absolute Gasteiger partial charge is 0.258 e. The summed E-state index contributed by atoms with van der Waals surface area (Å²) in [6, 6.07) is 0. The predicted molar refractivity (Wildman–Crippen MR) is 40.1 cm³/mol. The summed E-state index contributed by atoms with van der Waals surface area (Å²) in [5.41, 5.74) is -0.567. The molecule has 0 saturated carbocycles. The van der Waals surface area contributed by atoms with E-state index in [0.29, 0.717) is 0 Å². The molecule has 0 bridgehead atoms. The predicted octanol–water partition coefficient (Wildman–Crippen LogP) is 2.21. The van der Waals surface area contributed by atoms with E-state index in [4.69, 9.17) is 0 Å². The van der Waals surface area contributed by atoms with Gasteiger partial charge >= 0.3 is 5.70 Å². The van der Waals surface area contributed by atoms with E-state index in [9.17, 15) is 14.5 Å². The van der Waals surface area contributed by atoms with Crippen LogP contribution in [0, 0.1) is 10.1 Å². The van der Waals surface area contributed by atoms with Gasteiger partial charge in [0.05, 0.1) is 4.92 Å². The molecule has 3 nitrogen and oxygen atoms in total. The van der Waals surface area contributed by atoms with E-state index >= 15 is 0 Å². The van der Waals surface area contributed by atoms with E-state index in [1.807, 2.05) is 0 Å². The average Bonchev–Trinajstić information content (AvgIpc) is 1.98. The van der Waals surface area contributed by atoms with Gasteiger partial charge in [-0.25, -0.2) is 0 Å². The van der Waals surface area contributed by atoms with Crippen molar-refractivity contribution in [1.29, 1.82) is 0 Å². The third-order valence-electron chi connectivity index (χ3n) is 0.945. The first-order valence-corrected chi connectivity index (χ1v) is 2.92. The van der Waals surface area contributed by atoms with Crippen LogP contribution in [0.4, 0.5) is 4.39 Å². The fourth-order valence-corrected chi connectivity index (χ4v) is 0.490. The summed E-state index contributed by atoms with van der Waals surface area (Å²) in [5, 5.41) is 10.1. The highest BCUT2D eigenvalue weighted by atomic mass is 19.1. The maximum absolute atomic E-state index is 12.5. The summed E-state index contributed by atoms with van der Waals surface area (Å²) in [7, 11) is 0. The van der Waals surface area contributed by atoms with Gasteiger partial charge in [-0.05, 0) is 13.0 Å². The maximum Gasteiger partial charge on any atom is 0.304 e. The van der Waals surface area contributed by atoms with Crippen molar-refractivity contribution in [3.63, 3.8) is 0 Å². The second-order valence-electron chi connectivity index (χ2n) is 1.69. The van der Waals surface area contributed by atoms with E-state index < -0.39 is 16.4 Å². The Kier molecular flexibility index (Phi) is 3.80. The van der Waals surface area contributed by atoms with Gasteiger partial charge in [0, 0.05) is 6.08 Å². The highest BCUT2D eigenvalue weighted by Gasteiger charge is 2.11. The minimum atomic E-state index is -0.923. The van der Waals surface area contributed by atoms with Gasteiger partial charge in [-0.1, -0.05) is 12.7 Å². The summed E-state index contributed by atoms with van der Waals surface area (Å²) in [6.45, 7) is 4.64. The Bertz CT molecular complexity index is 231. The van der Waals surface area contributed by atoms with Crippen molar-refractivity contribution in [2.24, 2.45) is 0 Å². The number of hydrogen-bond acceptors (Lipinski definition) is 2. The number of halogens is 1. The zero-order valence-electron chi connectivity index (χ0n) is 6.08. The van der Waals surface area contributed by atoms with Gasteiger partial charge < -0.3 is 0 Å². The molecule has 0 aromatic rings. The number of hydrogen-bond donors (Lipinski definition) is 0. The zero-order chi connectivity index (χ0) is 8.85. The fourth-order valence-electron chi connectivity index (χ4n) is 0.490. The monoisotopic (exact) mass is 157 g/mol. The summed E-state index contributed by atoms with van der Waals surface area (Å²) in [4.78, 5) is 9.30. The van der Waals surface area contributed by atoms with E-state index in [2.05, 4.69) is 6.58 Å². The Morgan fingerprint density at radius 3 is 2.55 bits per heavy atom. The van der Waals surface area contributed by atoms with Crippen molar-refractivity contribution in [1.82, 2.24) is 0 Å². The number of allylic oxidation sites excluding steroid dienone is 4. The lowest BCUT2D eigenvalue weighted by molar-refractivity contribution is -0.421. The summed E-state index contributed by atoms with van der Waals surface area (Å²) in [6.07, 6.45) is 3.27. The van der Waals surface area contributed by atoms with Crippen LogP contribution in [0.1, 0.15) is 6.92 Å². The van der Waals surface area contributed by atoms with Crippen molar-refractivity contribution in [2.45, 2.75) is 6.92 Å². The van der Waals surface area contributed by atoms with Gasteiger partial charge in [0.15, 0.2) is 5.83 Å².